The Hall–Kier alpha value is -0.170. The Bertz CT molecular complexity index is 419. The first-order chi connectivity index (χ1) is 6.21. The normalized spacial score (nSPS) is 13.1. The first kappa shape index (κ1) is 11.9. The smallest absolute Gasteiger partial charge is 0.231 e. The maximum absolute atomic E-state index is 11.6. The van der Waals surface area contributed by atoms with E-state index in [0.29, 0.717) is 4.34 Å². The lowest BCUT2D eigenvalue weighted by Gasteiger charge is -2.18. The minimum absolute atomic E-state index is 0.00238. The van der Waals surface area contributed by atoms with Crippen LogP contribution in [0.3, 0.4) is 0 Å². The van der Waals surface area contributed by atoms with Crippen LogP contribution in [0.5, 0.6) is 0 Å². The Balaban J connectivity index is 2.98. The number of halogens is 1. The molecule has 0 bridgehead atoms. The predicted octanol–water partition coefficient (Wildman–Crippen LogP) is 1.87. The van der Waals surface area contributed by atoms with E-state index >= 15 is 0 Å². The molecule has 0 aromatic carbocycles. The summed E-state index contributed by atoms with van der Waals surface area (Å²) < 4.78 is 26.1. The second-order valence-corrected chi connectivity index (χ2v) is 7.30. The number of thiazole rings is 1. The van der Waals surface area contributed by atoms with E-state index in [1.54, 1.807) is 20.8 Å². The summed E-state index contributed by atoms with van der Waals surface area (Å²) >= 11 is 6.54. The highest BCUT2D eigenvalue weighted by molar-refractivity contribution is 7.91. The van der Waals surface area contributed by atoms with Gasteiger partial charge in [0.25, 0.3) is 10.0 Å². The van der Waals surface area contributed by atoms with Crippen molar-refractivity contribution in [1.29, 1.82) is 0 Å². The van der Waals surface area contributed by atoms with Crippen molar-refractivity contribution in [3.05, 3.63) is 10.5 Å². The average Bonchev–Trinajstić information content (AvgIpc) is 2.29. The number of aromatic nitrogens is 1. The van der Waals surface area contributed by atoms with E-state index < -0.39 is 15.6 Å². The fourth-order valence-corrected chi connectivity index (χ4v) is 3.51. The van der Waals surface area contributed by atoms with Gasteiger partial charge >= 0.3 is 0 Å². The van der Waals surface area contributed by atoms with E-state index in [-0.39, 0.29) is 4.34 Å². The molecule has 4 nitrogen and oxygen atoms in total. The van der Waals surface area contributed by atoms with Crippen molar-refractivity contribution in [2.24, 2.45) is 0 Å². The van der Waals surface area contributed by atoms with E-state index in [9.17, 15) is 8.42 Å². The van der Waals surface area contributed by atoms with Gasteiger partial charge in [-0.1, -0.05) is 22.9 Å². The van der Waals surface area contributed by atoms with Crippen LogP contribution < -0.4 is 4.72 Å². The Morgan fingerprint density at radius 1 is 1.50 bits per heavy atom. The van der Waals surface area contributed by atoms with Crippen molar-refractivity contribution in [2.75, 3.05) is 0 Å². The van der Waals surface area contributed by atoms with Gasteiger partial charge in [0.05, 0.1) is 6.20 Å². The number of nitrogens with zero attached hydrogens (tertiary/aromatic N) is 1. The molecule has 1 heterocycles. The van der Waals surface area contributed by atoms with Gasteiger partial charge in [-0.3, -0.25) is 0 Å². The summed E-state index contributed by atoms with van der Waals surface area (Å²) in [5.74, 6) is 0. The van der Waals surface area contributed by atoms with Crippen LogP contribution in [0.25, 0.3) is 0 Å². The zero-order valence-corrected chi connectivity index (χ0v) is 10.4. The van der Waals surface area contributed by atoms with E-state index in [2.05, 4.69) is 9.71 Å². The van der Waals surface area contributed by atoms with Gasteiger partial charge in [-0.2, -0.15) is 0 Å². The summed E-state index contributed by atoms with van der Waals surface area (Å²) in [6, 6.07) is 0. The fraction of sp³-hybridized carbons (Fsp3) is 0.571. The summed E-state index contributed by atoms with van der Waals surface area (Å²) in [4.78, 5) is 3.71. The Morgan fingerprint density at radius 3 is 2.43 bits per heavy atom. The molecule has 1 aromatic heterocycles. The van der Waals surface area contributed by atoms with Crippen LogP contribution in [0.1, 0.15) is 20.8 Å². The minimum atomic E-state index is -3.52. The zero-order chi connectivity index (χ0) is 11.0. The van der Waals surface area contributed by atoms with Crippen LogP contribution in [0.15, 0.2) is 10.5 Å². The molecule has 1 N–H and O–H groups in total. The standard InChI is InChI=1S/C7H11ClN2O2S2/c1-7(2,3)10-14(11,12)6-9-4-5(8)13-6/h4,10H,1-3H3. The third-order valence-corrected chi connectivity index (χ3v) is 4.39. The molecule has 0 unspecified atom stereocenters. The maximum atomic E-state index is 11.6. The van der Waals surface area contributed by atoms with Crippen LogP contribution >= 0.6 is 22.9 Å². The van der Waals surface area contributed by atoms with Crippen LogP contribution in [0.4, 0.5) is 0 Å². The molecule has 0 aliphatic carbocycles. The minimum Gasteiger partial charge on any atom is -0.231 e. The number of hydrogen-bond donors (Lipinski definition) is 1. The van der Waals surface area contributed by atoms with E-state index in [4.69, 9.17) is 11.6 Å². The molecule has 0 amide bonds. The van der Waals surface area contributed by atoms with Gasteiger partial charge in [0.1, 0.15) is 4.34 Å². The molecular formula is C7H11ClN2O2S2. The molecular weight excluding hydrogens is 244 g/mol. The molecule has 0 radical (unpaired) electrons. The average molecular weight is 255 g/mol. The van der Waals surface area contributed by atoms with Crippen LogP contribution in [0, 0.1) is 0 Å². The van der Waals surface area contributed by atoms with Crippen molar-refractivity contribution < 1.29 is 8.42 Å². The van der Waals surface area contributed by atoms with Gasteiger partial charge in [-0.25, -0.2) is 18.1 Å². The van der Waals surface area contributed by atoms with E-state index in [1.165, 1.54) is 6.20 Å². The highest BCUT2D eigenvalue weighted by Gasteiger charge is 2.24. The topological polar surface area (TPSA) is 59.1 Å². The van der Waals surface area contributed by atoms with Gasteiger partial charge in [-0.05, 0) is 20.8 Å². The maximum Gasteiger partial charge on any atom is 0.268 e. The Labute approximate surface area is 92.4 Å². The lowest BCUT2D eigenvalue weighted by molar-refractivity contribution is 0.491. The summed E-state index contributed by atoms with van der Waals surface area (Å²) in [5.41, 5.74) is -0.517. The fourth-order valence-electron chi connectivity index (χ4n) is 0.811. The van der Waals surface area contributed by atoms with Crippen LogP contribution in [0.2, 0.25) is 4.34 Å². The van der Waals surface area contributed by atoms with Gasteiger partial charge in [0.2, 0.25) is 4.34 Å². The number of hydrogen-bond acceptors (Lipinski definition) is 4. The van der Waals surface area contributed by atoms with Crippen molar-refractivity contribution in [1.82, 2.24) is 9.71 Å². The molecule has 1 aromatic rings. The number of nitrogens with one attached hydrogen (secondary N) is 1. The molecule has 0 aliphatic rings. The second kappa shape index (κ2) is 3.77. The number of rotatable bonds is 2. The molecule has 0 saturated heterocycles. The molecule has 7 heteroatoms. The Kier molecular flexibility index (Phi) is 3.20. The molecule has 0 atom stereocenters. The van der Waals surface area contributed by atoms with Crippen molar-refractivity contribution in [3.8, 4) is 0 Å². The molecule has 0 fully saturated rings. The van der Waals surface area contributed by atoms with E-state index in [1.807, 2.05) is 0 Å². The predicted molar refractivity (Wildman–Crippen MR) is 57.2 cm³/mol. The zero-order valence-electron chi connectivity index (χ0n) is 8.04. The van der Waals surface area contributed by atoms with Gasteiger partial charge < -0.3 is 0 Å². The molecule has 1 rings (SSSR count). The molecule has 80 valence electrons. The third kappa shape index (κ3) is 3.20. The van der Waals surface area contributed by atoms with Gasteiger partial charge in [-0.15, -0.1) is 0 Å². The molecule has 14 heavy (non-hydrogen) atoms. The summed E-state index contributed by atoms with van der Waals surface area (Å²) in [7, 11) is -3.52. The highest BCUT2D eigenvalue weighted by Crippen LogP contribution is 2.23. The summed E-state index contributed by atoms with van der Waals surface area (Å²) in [6.45, 7) is 5.29. The monoisotopic (exact) mass is 254 g/mol. The van der Waals surface area contributed by atoms with Gasteiger partial charge in [0, 0.05) is 5.54 Å². The molecule has 0 saturated carbocycles. The third-order valence-electron chi connectivity index (χ3n) is 1.13. The molecule has 0 aliphatic heterocycles. The first-order valence-electron chi connectivity index (χ1n) is 3.86. The lowest BCUT2D eigenvalue weighted by atomic mass is 10.1. The second-order valence-electron chi connectivity index (χ2n) is 3.79. The van der Waals surface area contributed by atoms with Crippen LogP contribution in [-0.2, 0) is 10.0 Å². The van der Waals surface area contributed by atoms with Crippen molar-refractivity contribution >= 4 is 33.0 Å². The SMILES string of the molecule is CC(C)(C)NS(=O)(=O)c1ncc(Cl)s1. The largest absolute Gasteiger partial charge is 0.268 e. The quantitative estimate of drug-likeness (QED) is 0.877. The summed E-state index contributed by atoms with van der Waals surface area (Å²) in [5, 5.41) is 0. The highest BCUT2D eigenvalue weighted by atomic mass is 35.5. The van der Waals surface area contributed by atoms with Gasteiger partial charge in [0.15, 0.2) is 0 Å². The first-order valence-corrected chi connectivity index (χ1v) is 6.54. The summed E-state index contributed by atoms with van der Waals surface area (Å²) in [6.07, 6.45) is 1.32. The molecule has 0 spiro atoms. The van der Waals surface area contributed by atoms with E-state index in [0.717, 1.165) is 11.3 Å². The van der Waals surface area contributed by atoms with Crippen molar-refractivity contribution in [2.45, 2.75) is 30.6 Å². The van der Waals surface area contributed by atoms with Crippen molar-refractivity contribution in [3.63, 3.8) is 0 Å². The lowest BCUT2D eigenvalue weighted by Crippen LogP contribution is -2.40. The number of sulfonamides is 1. The Morgan fingerprint density at radius 2 is 2.07 bits per heavy atom. The van der Waals surface area contributed by atoms with Crippen LogP contribution in [-0.4, -0.2) is 18.9 Å².